The first-order valence-corrected chi connectivity index (χ1v) is 10.8. The first-order valence-electron chi connectivity index (χ1n) is 10.8. The molecule has 5 rings (SSSR count). The Morgan fingerprint density at radius 3 is 2.68 bits per heavy atom. The van der Waals surface area contributed by atoms with E-state index in [0.29, 0.717) is 12.0 Å². The first kappa shape index (κ1) is 20.9. The van der Waals surface area contributed by atoms with E-state index >= 15 is 0 Å². The second-order valence-electron chi connectivity index (χ2n) is 9.99. The smallest absolute Gasteiger partial charge is 0.341 e. The molecule has 2 saturated carbocycles. The highest BCUT2D eigenvalue weighted by Gasteiger charge is 2.82. The quantitative estimate of drug-likeness (QED) is 0.525. The van der Waals surface area contributed by atoms with Crippen LogP contribution < -0.4 is 0 Å². The average molecular weight is 436 g/mol. The number of aliphatic hydroxyl groups excluding tert-OH is 3. The number of hydrogen-bond donors (Lipinski definition) is 3. The molecule has 3 aliphatic carbocycles. The third-order valence-corrected chi connectivity index (χ3v) is 8.91. The zero-order chi connectivity index (χ0) is 22.5. The highest BCUT2D eigenvalue weighted by atomic mass is 16.6. The fraction of sp³-hybridized carbons (Fsp3) is 0.773. The highest BCUT2D eigenvalue weighted by molar-refractivity contribution is 5.95. The number of carbonyl (C=O) groups excluding carboxylic acids is 3. The summed E-state index contributed by atoms with van der Waals surface area (Å²) in [6, 6.07) is 0. The van der Waals surface area contributed by atoms with E-state index in [4.69, 9.17) is 14.2 Å². The first-order chi connectivity index (χ1) is 14.6. The highest BCUT2D eigenvalue weighted by Crippen LogP contribution is 2.72. The van der Waals surface area contributed by atoms with Gasteiger partial charge in [-0.2, -0.15) is 0 Å². The lowest BCUT2D eigenvalue weighted by molar-refractivity contribution is -0.272. The SMILES string of the molecule is CCOC(=O)C12OCC34C(CC5C(C)=C(O)C(=O)CC5(C)C3C(O)C1O)OC(=O)CC24. The van der Waals surface area contributed by atoms with E-state index in [1.54, 1.807) is 13.8 Å². The van der Waals surface area contributed by atoms with Crippen molar-refractivity contribution in [2.45, 2.75) is 63.9 Å². The normalized spacial score (nSPS) is 50.5. The van der Waals surface area contributed by atoms with Crippen molar-refractivity contribution in [3.63, 3.8) is 0 Å². The minimum absolute atomic E-state index is 0.00153. The standard InChI is InChI=1S/C22H28O9/c1-4-29-19(28)22-12-6-14(24)31-13-5-10-9(2)15(25)11(23)7-20(10,3)17(16(26)18(22)27)21(12,13)8-30-22/h10,12-13,16-18,25-27H,4-8H2,1-3H3. The Balaban J connectivity index is 1.72. The summed E-state index contributed by atoms with van der Waals surface area (Å²) in [5.41, 5.74) is -3.13. The topological polar surface area (TPSA) is 140 Å². The van der Waals surface area contributed by atoms with Crippen LogP contribution in [0.1, 0.15) is 40.0 Å². The molecular weight excluding hydrogens is 408 g/mol. The molecule has 2 heterocycles. The van der Waals surface area contributed by atoms with E-state index in [0.717, 1.165) is 0 Å². The number of hydrogen-bond acceptors (Lipinski definition) is 9. The zero-order valence-corrected chi connectivity index (χ0v) is 17.8. The summed E-state index contributed by atoms with van der Waals surface area (Å²) in [6.07, 6.45) is -3.55. The van der Waals surface area contributed by atoms with Crippen molar-refractivity contribution >= 4 is 17.7 Å². The molecule has 170 valence electrons. The predicted octanol–water partition coefficient (Wildman–Crippen LogP) is 0.419. The van der Waals surface area contributed by atoms with E-state index in [1.165, 1.54) is 0 Å². The number of carbonyl (C=O) groups is 3. The van der Waals surface area contributed by atoms with Crippen molar-refractivity contribution in [2.24, 2.45) is 28.6 Å². The van der Waals surface area contributed by atoms with Crippen molar-refractivity contribution < 1.29 is 43.9 Å². The lowest BCUT2D eigenvalue weighted by Crippen LogP contribution is -2.76. The largest absolute Gasteiger partial charge is 0.504 e. The summed E-state index contributed by atoms with van der Waals surface area (Å²) in [7, 11) is 0. The summed E-state index contributed by atoms with van der Waals surface area (Å²) in [4.78, 5) is 38.3. The number of rotatable bonds is 2. The van der Waals surface area contributed by atoms with Crippen LogP contribution in [0.3, 0.4) is 0 Å². The van der Waals surface area contributed by atoms with Crippen molar-refractivity contribution in [3.05, 3.63) is 11.3 Å². The summed E-state index contributed by atoms with van der Waals surface area (Å²) in [5.74, 6) is -3.78. The second kappa shape index (κ2) is 6.30. The molecule has 5 aliphatic rings. The van der Waals surface area contributed by atoms with Gasteiger partial charge in [-0.05, 0) is 37.2 Å². The lowest BCUT2D eigenvalue weighted by Gasteiger charge is -2.66. The van der Waals surface area contributed by atoms with Crippen LogP contribution in [0, 0.1) is 28.6 Å². The molecule has 2 bridgehead atoms. The number of allylic oxidation sites excluding steroid dienone is 2. The van der Waals surface area contributed by atoms with Crippen molar-refractivity contribution in [3.8, 4) is 0 Å². The van der Waals surface area contributed by atoms with Crippen LogP contribution in [-0.2, 0) is 28.6 Å². The van der Waals surface area contributed by atoms with E-state index in [2.05, 4.69) is 0 Å². The van der Waals surface area contributed by atoms with Crippen LogP contribution in [0.2, 0.25) is 0 Å². The van der Waals surface area contributed by atoms with Crippen LogP contribution in [0.25, 0.3) is 0 Å². The van der Waals surface area contributed by atoms with Gasteiger partial charge in [0.05, 0.1) is 25.7 Å². The van der Waals surface area contributed by atoms with Gasteiger partial charge in [-0.1, -0.05) is 6.92 Å². The molecule has 3 N–H and O–H groups in total. The molecule has 9 nitrogen and oxygen atoms in total. The monoisotopic (exact) mass is 436 g/mol. The Morgan fingerprint density at radius 2 is 2.00 bits per heavy atom. The van der Waals surface area contributed by atoms with Gasteiger partial charge < -0.3 is 29.5 Å². The maximum absolute atomic E-state index is 13.1. The number of ketones is 1. The van der Waals surface area contributed by atoms with Gasteiger partial charge in [0.1, 0.15) is 12.2 Å². The predicted molar refractivity (Wildman–Crippen MR) is 102 cm³/mol. The third kappa shape index (κ3) is 2.19. The molecule has 0 aromatic heterocycles. The molecular formula is C22H28O9. The van der Waals surface area contributed by atoms with E-state index in [9.17, 15) is 29.7 Å². The summed E-state index contributed by atoms with van der Waals surface area (Å²) < 4.78 is 17.0. The average Bonchev–Trinajstić information content (AvgIpc) is 2.99. The van der Waals surface area contributed by atoms with Gasteiger partial charge in [-0.25, -0.2) is 4.79 Å². The molecule has 9 heteroatoms. The molecule has 9 atom stereocenters. The third-order valence-electron chi connectivity index (χ3n) is 8.91. The number of fused-ring (bicyclic) bond motifs is 2. The van der Waals surface area contributed by atoms with Gasteiger partial charge in [-0.3, -0.25) is 9.59 Å². The van der Waals surface area contributed by atoms with Crippen LogP contribution in [0.4, 0.5) is 0 Å². The van der Waals surface area contributed by atoms with Crippen LogP contribution in [-0.4, -0.2) is 70.2 Å². The fourth-order valence-corrected chi connectivity index (χ4v) is 7.80. The summed E-state index contributed by atoms with van der Waals surface area (Å²) in [6.45, 7) is 5.24. The number of aliphatic hydroxyl groups is 3. The molecule has 0 aromatic carbocycles. The van der Waals surface area contributed by atoms with Crippen LogP contribution in [0.15, 0.2) is 11.3 Å². The van der Waals surface area contributed by atoms with Crippen molar-refractivity contribution in [2.75, 3.05) is 13.2 Å². The molecule has 31 heavy (non-hydrogen) atoms. The molecule has 4 fully saturated rings. The second-order valence-corrected chi connectivity index (χ2v) is 9.99. The summed E-state index contributed by atoms with van der Waals surface area (Å²) in [5, 5.41) is 33.0. The van der Waals surface area contributed by atoms with E-state index in [-0.39, 0.29) is 37.7 Å². The van der Waals surface area contributed by atoms with Crippen LogP contribution in [0.5, 0.6) is 0 Å². The number of ether oxygens (including phenoxy) is 3. The van der Waals surface area contributed by atoms with Gasteiger partial charge in [0.2, 0.25) is 0 Å². The Kier molecular flexibility index (Phi) is 4.25. The maximum Gasteiger partial charge on any atom is 0.341 e. The zero-order valence-electron chi connectivity index (χ0n) is 17.8. The Labute approximate surface area is 179 Å². The Morgan fingerprint density at radius 1 is 1.29 bits per heavy atom. The van der Waals surface area contributed by atoms with E-state index < -0.39 is 64.3 Å². The van der Waals surface area contributed by atoms with Crippen LogP contribution >= 0.6 is 0 Å². The molecule has 2 saturated heterocycles. The lowest BCUT2D eigenvalue weighted by atomic mass is 9.38. The molecule has 2 aliphatic heterocycles. The summed E-state index contributed by atoms with van der Waals surface area (Å²) >= 11 is 0. The van der Waals surface area contributed by atoms with Gasteiger partial charge in [0.25, 0.3) is 0 Å². The number of esters is 2. The molecule has 9 unspecified atom stereocenters. The molecule has 1 spiro atoms. The molecule has 0 amide bonds. The maximum atomic E-state index is 13.1. The van der Waals surface area contributed by atoms with Gasteiger partial charge in [0, 0.05) is 23.7 Å². The van der Waals surface area contributed by atoms with E-state index in [1.807, 2.05) is 6.92 Å². The van der Waals surface area contributed by atoms with Gasteiger partial charge >= 0.3 is 11.9 Å². The van der Waals surface area contributed by atoms with Crippen molar-refractivity contribution in [1.82, 2.24) is 0 Å². The number of Topliss-reactive ketones (excluding diaryl/α,β-unsaturated/α-hetero) is 1. The minimum atomic E-state index is -1.86. The van der Waals surface area contributed by atoms with Gasteiger partial charge in [-0.15, -0.1) is 0 Å². The van der Waals surface area contributed by atoms with Crippen molar-refractivity contribution in [1.29, 1.82) is 0 Å². The fourth-order valence-electron chi connectivity index (χ4n) is 7.80. The minimum Gasteiger partial charge on any atom is -0.504 e. The Hall–Kier alpha value is -1.97. The molecule has 0 aromatic rings. The molecule has 0 radical (unpaired) electrons. The van der Waals surface area contributed by atoms with Gasteiger partial charge in [0.15, 0.2) is 17.1 Å². The Bertz CT molecular complexity index is 911.